The van der Waals surface area contributed by atoms with Gasteiger partial charge in [-0.25, -0.2) is 4.79 Å². The fraction of sp³-hybridized carbons (Fsp3) is 0.649. The Labute approximate surface area is 270 Å². The van der Waals surface area contributed by atoms with Gasteiger partial charge >= 0.3 is 6.09 Å². The quantitative estimate of drug-likeness (QED) is 0.172. The molecule has 3 aliphatic rings. The van der Waals surface area contributed by atoms with E-state index in [4.69, 9.17) is 30.8 Å². The second-order valence-electron chi connectivity index (χ2n) is 13.9. The summed E-state index contributed by atoms with van der Waals surface area (Å²) in [4.78, 5) is 14.8. The number of benzene rings is 1. The van der Waals surface area contributed by atoms with Gasteiger partial charge < -0.3 is 24.4 Å². The van der Waals surface area contributed by atoms with Crippen molar-refractivity contribution in [2.45, 2.75) is 128 Å². The van der Waals surface area contributed by atoms with Crippen LogP contribution in [0.2, 0.25) is 0 Å². The number of amides is 1. The molecule has 0 bridgehead atoms. The van der Waals surface area contributed by atoms with Crippen LogP contribution in [0.25, 0.3) is 11.3 Å². The molecule has 2 aliphatic carbocycles. The van der Waals surface area contributed by atoms with Crippen molar-refractivity contribution in [3.63, 3.8) is 0 Å². The van der Waals surface area contributed by atoms with Crippen LogP contribution in [0.5, 0.6) is 5.75 Å². The van der Waals surface area contributed by atoms with Crippen LogP contribution in [0.3, 0.4) is 0 Å². The molecule has 0 spiro atoms. The summed E-state index contributed by atoms with van der Waals surface area (Å²) in [7, 11) is 0. The number of terminal acetylenes is 1. The summed E-state index contributed by atoms with van der Waals surface area (Å²) in [6.07, 6.45) is 19.5. The fourth-order valence-corrected chi connectivity index (χ4v) is 7.27. The number of rotatable bonds is 9. The van der Waals surface area contributed by atoms with E-state index in [-0.39, 0.29) is 18.9 Å². The van der Waals surface area contributed by atoms with E-state index in [1.807, 2.05) is 50.8 Å². The van der Waals surface area contributed by atoms with E-state index in [2.05, 4.69) is 11.2 Å². The number of nitrogens with zero attached hydrogens (tertiary/aromatic N) is 3. The molecule has 1 atom stereocenters. The summed E-state index contributed by atoms with van der Waals surface area (Å²) in [6, 6.07) is 6.01. The maximum Gasteiger partial charge on any atom is 0.410 e. The molecule has 2 heterocycles. The Kier molecular flexibility index (Phi) is 11.3. The van der Waals surface area contributed by atoms with Crippen LogP contribution < -0.4 is 10.1 Å². The Morgan fingerprint density at radius 2 is 1.67 bits per heavy atom. The smallest absolute Gasteiger partial charge is 0.410 e. The second-order valence-corrected chi connectivity index (χ2v) is 13.9. The van der Waals surface area contributed by atoms with Gasteiger partial charge in [0.2, 0.25) is 0 Å². The number of hydrogen-bond acceptors (Lipinski definition) is 7. The number of nitrogens with one attached hydrogen (secondary N) is 1. The lowest BCUT2D eigenvalue weighted by Crippen LogP contribution is -2.47. The number of anilines is 1. The van der Waals surface area contributed by atoms with Crippen LogP contribution >= 0.6 is 0 Å². The molecule has 1 saturated heterocycles. The molecule has 0 radical (unpaired) electrons. The highest BCUT2D eigenvalue weighted by Gasteiger charge is 2.34. The number of carbonyl (C=O) groups excluding carboxylic acids is 1. The van der Waals surface area contributed by atoms with Crippen molar-refractivity contribution in [3.05, 3.63) is 34.9 Å². The Morgan fingerprint density at radius 3 is 2.31 bits per heavy atom. The lowest BCUT2D eigenvalue weighted by Gasteiger charge is -2.36. The van der Waals surface area contributed by atoms with E-state index in [1.54, 1.807) is 0 Å². The van der Waals surface area contributed by atoms with Gasteiger partial charge in [0.15, 0.2) is 12.6 Å². The van der Waals surface area contributed by atoms with E-state index in [9.17, 15) is 4.79 Å². The standard InChI is InChI=1S/C37H52N4O4/c1-6-26-20-21-30(31(23-26)44-25-43-7-2)34-32(27-15-10-8-11-16-27)33(28-17-12-9-13-18-28)35(40-39-34)38-29-19-14-22-41(24-29)36(42)45-37(3,4)5/h1,20-21,23,27-29H,7-19,22,24-25H2,2-5H3,(H,38,40). The highest BCUT2D eigenvalue weighted by atomic mass is 16.7. The first-order valence-electron chi connectivity index (χ1n) is 17.2. The van der Waals surface area contributed by atoms with Crippen molar-refractivity contribution in [2.24, 2.45) is 0 Å². The molecule has 2 saturated carbocycles. The number of likely N-dealkylation sites (tertiary alicyclic amines) is 1. The van der Waals surface area contributed by atoms with Gasteiger partial charge in [-0.15, -0.1) is 16.6 Å². The summed E-state index contributed by atoms with van der Waals surface area (Å²) in [6.45, 7) is 9.71. The molecule has 244 valence electrons. The van der Waals surface area contributed by atoms with Crippen molar-refractivity contribution in [1.29, 1.82) is 0 Å². The Balaban J connectivity index is 1.57. The maximum absolute atomic E-state index is 13.0. The molecule has 3 fully saturated rings. The third kappa shape index (κ3) is 8.49. The topological polar surface area (TPSA) is 85.8 Å². The van der Waals surface area contributed by atoms with Crippen LogP contribution in [0, 0.1) is 12.3 Å². The lowest BCUT2D eigenvalue weighted by atomic mass is 9.74. The molecular weight excluding hydrogens is 564 g/mol. The van der Waals surface area contributed by atoms with Gasteiger partial charge in [-0.3, -0.25) is 0 Å². The van der Waals surface area contributed by atoms with Crippen LogP contribution in [0.1, 0.15) is 133 Å². The summed E-state index contributed by atoms with van der Waals surface area (Å²) in [5, 5.41) is 13.8. The maximum atomic E-state index is 13.0. The summed E-state index contributed by atoms with van der Waals surface area (Å²) < 4.78 is 17.5. The molecule has 1 aliphatic heterocycles. The zero-order chi connectivity index (χ0) is 31.8. The molecule has 1 amide bonds. The molecule has 5 rings (SSSR count). The number of piperidine rings is 1. The molecule has 45 heavy (non-hydrogen) atoms. The van der Waals surface area contributed by atoms with E-state index in [1.165, 1.54) is 49.7 Å². The largest absolute Gasteiger partial charge is 0.467 e. The Hall–Kier alpha value is -3.31. The average molecular weight is 617 g/mol. The zero-order valence-corrected chi connectivity index (χ0v) is 27.8. The summed E-state index contributed by atoms with van der Waals surface area (Å²) >= 11 is 0. The zero-order valence-electron chi connectivity index (χ0n) is 27.8. The molecular formula is C37H52N4O4. The predicted octanol–water partition coefficient (Wildman–Crippen LogP) is 8.40. The molecule has 8 nitrogen and oxygen atoms in total. The van der Waals surface area contributed by atoms with Crippen LogP contribution in [0.15, 0.2) is 18.2 Å². The van der Waals surface area contributed by atoms with Crippen LogP contribution in [-0.4, -0.2) is 59.3 Å². The summed E-state index contributed by atoms with van der Waals surface area (Å²) in [5.41, 5.74) is 4.72. The van der Waals surface area contributed by atoms with Gasteiger partial charge in [-0.1, -0.05) is 44.4 Å². The first kappa shape index (κ1) is 33.1. The average Bonchev–Trinajstić information content (AvgIpc) is 3.05. The van der Waals surface area contributed by atoms with Gasteiger partial charge in [0.25, 0.3) is 0 Å². The van der Waals surface area contributed by atoms with Gasteiger partial charge in [0, 0.05) is 42.4 Å². The molecule has 8 heteroatoms. The number of hydrogen-bond donors (Lipinski definition) is 1. The SMILES string of the molecule is C#Cc1ccc(-c2nnc(NC3CCCN(C(=O)OC(C)(C)C)C3)c(C3CCCCC3)c2C2CCCCC2)c(OCOCC)c1. The second kappa shape index (κ2) is 15.3. The first-order chi connectivity index (χ1) is 21.8. The lowest BCUT2D eigenvalue weighted by molar-refractivity contribution is 0.0205. The Bertz CT molecular complexity index is 1340. The van der Waals surface area contributed by atoms with Gasteiger partial charge in [-0.2, -0.15) is 0 Å². The van der Waals surface area contributed by atoms with Gasteiger partial charge in [0.1, 0.15) is 17.0 Å². The normalized spacial score (nSPS) is 20.0. The van der Waals surface area contributed by atoms with E-state index >= 15 is 0 Å². The van der Waals surface area contributed by atoms with Crippen molar-refractivity contribution in [2.75, 3.05) is 31.8 Å². The van der Waals surface area contributed by atoms with Crippen molar-refractivity contribution in [3.8, 4) is 29.4 Å². The van der Waals surface area contributed by atoms with E-state index in [0.717, 1.165) is 61.2 Å². The third-order valence-corrected chi connectivity index (χ3v) is 9.40. The Morgan fingerprint density at radius 1 is 0.978 bits per heavy atom. The van der Waals surface area contributed by atoms with E-state index < -0.39 is 5.60 Å². The molecule has 2 aromatic rings. The minimum atomic E-state index is -0.522. The number of aromatic nitrogens is 2. The molecule has 1 aromatic heterocycles. The summed E-state index contributed by atoms with van der Waals surface area (Å²) in [5.74, 6) is 5.14. The van der Waals surface area contributed by atoms with Gasteiger partial charge in [-0.05, 0) is 102 Å². The fourth-order valence-electron chi connectivity index (χ4n) is 7.27. The first-order valence-corrected chi connectivity index (χ1v) is 17.2. The third-order valence-electron chi connectivity index (χ3n) is 9.40. The highest BCUT2D eigenvalue weighted by Crippen LogP contribution is 2.48. The predicted molar refractivity (Wildman–Crippen MR) is 179 cm³/mol. The van der Waals surface area contributed by atoms with Gasteiger partial charge in [0.05, 0.1) is 0 Å². The van der Waals surface area contributed by atoms with Crippen molar-refractivity contribution < 1.29 is 19.0 Å². The van der Waals surface area contributed by atoms with Crippen LogP contribution in [0.4, 0.5) is 10.6 Å². The molecule has 1 N–H and O–H groups in total. The van der Waals surface area contributed by atoms with E-state index in [0.29, 0.717) is 37.3 Å². The number of carbonyl (C=O) groups is 1. The molecule has 1 aromatic carbocycles. The highest BCUT2D eigenvalue weighted by molar-refractivity contribution is 5.75. The molecule has 1 unspecified atom stereocenters. The monoisotopic (exact) mass is 616 g/mol. The minimum Gasteiger partial charge on any atom is -0.467 e. The van der Waals surface area contributed by atoms with Crippen molar-refractivity contribution >= 4 is 11.9 Å². The number of ether oxygens (including phenoxy) is 3. The van der Waals surface area contributed by atoms with Crippen molar-refractivity contribution in [1.82, 2.24) is 15.1 Å². The van der Waals surface area contributed by atoms with Crippen LogP contribution in [-0.2, 0) is 9.47 Å². The minimum absolute atomic E-state index is 0.0768.